The monoisotopic (exact) mass is 346 g/mol. The number of para-hydroxylation sites is 1. The van der Waals surface area contributed by atoms with E-state index in [9.17, 15) is 4.79 Å². The van der Waals surface area contributed by atoms with Gasteiger partial charge in [-0.25, -0.2) is 4.98 Å². The highest BCUT2D eigenvalue weighted by atomic mass is 32.2. The average Bonchev–Trinajstić information content (AvgIpc) is 3.14. The number of hydrogen-bond acceptors (Lipinski definition) is 5. The lowest BCUT2D eigenvalue weighted by Gasteiger charge is -2.03. The molecule has 23 heavy (non-hydrogen) atoms. The van der Waals surface area contributed by atoms with Gasteiger partial charge in [-0.2, -0.15) is 0 Å². The van der Waals surface area contributed by atoms with E-state index in [0.29, 0.717) is 18.1 Å². The van der Waals surface area contributed by atoms with Gasteiger partial charge in [-0.15, -0.1) is 11.3 Å². The Hall–Kier alpha value is -1.79. The maximum atomic E-state index is 12.4. The molecule has 2 aromatic heterocycles. The highest BCUT2D eigenvalue weighted by molar-refractivity contribution is 8.00. The molecule has 1 aromatic carbocycles. The van der Waals surface area contributed by atoms with E-state index in [1.807, 2.05) is 43.5 Å². The van der Waals surface area contributed by atoms with Crippen molar-refractivity contribution < 1.29 is 9.21 Å². The molecule has 3 aromatic rings. The second-order valence-electron chi connectivity index (χ2n) is 5.21. The van der Waals surface area contributed by atoms with Crippen LogP contribution in [0.4, 0.5) is 0 Å². The number of amides is 1. The highest BCUT2D eigenvalue weighted by Gasteiger charge is 2.20. The van der Waals surface area contributed by atoms with Crippen LogP contribution in [-0.2, 0) is 5.75 Å². The molecule has 0 saturated heterocycles. The number of hydrogen-bond donors (Lipinski definition) is 1. The molecular weight excluding hydrogens is 328 g/mol. The van der Waals surface area contributed by atoms with Crippen molar-refractivity contribution in [2.45, 2.75) is 30.4 Å². The van der Waals surface area contributed by atoms with E-state index in [-0.39, 0.29) is 5.91 Å². The highest BCUT2D eigenvalue weighted by Crippen LogP contribution is 2.33. The fourth-order valence-corrected chi connectivity index (χ4v) is 4.15. The third kappa shape index (κ3) is 3.59. The van der Waals surface area contributed by atoms with Crippen molar-refractivity contribution in [1.82, 2.24) is 10.3 Å². The van der Waals surface area contributed by atoms with Gasteiger partial charge < -0.3 is 9.73 Å². The summed E-state index contributed by atoms with van der Waals surface area (Å²) < 4.78 is 6.82. The Kier molecular flexibility index (Phi) is 5.03. The lowest BCUT2D eigenvalue weighted by Crippen LogP contribution is -2.24. The molecule has 6 heteroatoms. The fourth-order valence-electron chi connectivity index (χ4n) is 2.28. The van der Waals surface area contributed by atoms with Crippen molar-refractivity contribution >= 4 is 40.0 Å². The predicted octanol–water partition coefficient (Wildman–Crippen LogP) is 4.63. The Bertz CT molecular complexity index is 823. The zero-order valence-electron chi connectivity index (χ0n) is 13.1. The molecule has 0 saturated carbocycles. The predicted molar refractivity (Wildman–Crippen MR) is 95.3 cm³/mol. The minimum absolute atomic E-state index is 0.144. The molecule has 0 aliphatic rings. The molecule has 3 rings (SSSR count). The number of rotatable bonds is 6. The van der Waals surface area contributed by atoms with Gasteiger partial charge in [-0.3, -0.25) is 4.79 Å². The molecule has 0 atom stereocenters. The van der Waals surface area contributed by atoms with Crippen molar-refractivity contribution in [3.8, 4) is 0 Å². The molecule has 4 nitrogen and oxygen atoms in total. The zero-order chi connectivity index (χ0) is 16.2. The van der Waals surface area contributed by atoms with Crippen LogP contribution in [-0.4, -0.2) is 17.4 Å². The zero-order valence-corrected chi connectivity index (χ0v) is 14.7. The van der Waals surface area contributed by atoms with E-state index < -0.39 is 0 Å². The summed E-state index contributed by atoms with van der Waals surface area (Å²) in [6.07, 6.45) is 0.897. The summed E-state index contributed by atoms with van der Waals surface area (Å²) in [6.45, 7) is 4.66. The van der Waals surface area contributed by atoms with Crippen LogP contribution in [0.1, 0.15) is 35.2 Å². The third-order valence-electron chi connectivity index (χ3n) is 3.38. The third-order valence-corrected chi connectivity index (χ3v) is 5.54. The van der Waals surface area contributed by atoms with Crippen LogP contribution in [0.2, 0.25) is 0 Å². The Labute approximate surface area is 143 Å². The molecule has 0 aliphatic carbocycles. The Morgan fingerprint density at radius 3 is 2.96 bits per heavy atom. The van der Waals surface area contributed by atoms with E-state index in [2.05, 4.69) is 10.3 Å². The second kappa shape index (κ2) is 7.19. The first kappa shape index (κ1) is 16.1. The fraction of sp³-hybridized carbons (Fsp3) is 0.294. The van der Waals surface area contributed by atoms with Gasteiger partial charge in [0, 0.05) is 34.3 Å². The number of nitrogens with one attached hydrogen (secondary N) is 1. The first-order valence-electron chi connectivity index (χ1n) is 7.52. The summed E-state index contributed by atoms with van der Waals surface area (Å²) in [7, 11) is 0. The van der Waals surface area contributed by atoms with Gasteiger partial charge in [0.1, 0.15) is 9.92 Å². The van der Waals surface area contributed by atoms with Crippen molar-refractivity contribution in [3.05, 3.63) is 46.7 Å². The molecule has 0 fully saturated rings. The van der Waals surface area contributed by atoms with Crippen LogP contribution in [0.25, 0.3) is 11.0 Å². The first-order valence-corrected chi connectivity index (χ1v) is 9.39. The van der Waals surface area contributed by atoms with Crippen molar-refractivity contribution in [3.63, 3.8) is 0 Å². The van der Waals surface area contributed by atoms with Gasteiger partial charge in [-0.05, 0) is 19.4 Å². The van der Waals surface area contributed by atoms with Gasteiger partial charge in [0.25, 0.3) is 5.91 Å². The van der Waals surface area contributed by atoms with Gasteiger partial charge in [0.05, 0.1) is 0 Å². The van der Waals surface area contributed by atoms with E-state index >= 15 is 0 Å². The van der Waals surface area contributed by atoms with Gasteiger partial charge in [0.2, 0.25) is 0 Å². The van der Waals surface area contributed by atoms with Crippen LogP contribution in [0.15, 0.2) is 38.4 Å². The summed E-state index contributed by atoms with van der Waals surface area (Å²) in [5.74, 6) is 0.938. The van der Waals surface area contributed by atoms with Gasteiger partial charge in [-0.1, -0.05) is 36.9 Å². The van der Waals surface area contributed by atoms with Crippen molar-refractivity contribution in [2.75, 3.05) is 6.54 Å². The SMILES string of the molecule is CCCNC(=O)c1oc2ccccc2c1CSc1nc(C)cs1. The van der Waals surface area contributed by atoms with E-state index in [1.165, 1.54) is 0 Å². The molecule has 0 spiro atoms. The minimum Gasteiger partial charge on any atom is -0.451 e. The van der Waals surface area contributed by atoms with E-state index in [1.54, 1.807) is 23.1 Å². The summed E-state index contributed by atoms with van der Waals surface area (Å²) in [4.78, 5) is 16.8. The van der Waals surface area contributed by atoms with Crippen molar-refractivity contribution in [2.24, 2.45) is 0 Å². The minimum atomic E-state index is -0.144. The number of thioether (sulfide) groups is 1. The number of benzene rings is 1. The summed E-state index contributed by atoms with van der Waals surface area (Å²) >= 11 is 3.26. The number of thiazole rings is 1. The number of furan rings is 1. The summed E-state index contributed by atoms with van der Waals surface area (Å²) in [5, 5.41) is 5.93. The molecule has 0 aliphatic heterocycles. The average molecular weight is 346 g/mol. The summed E-state index contributed by atoms with van der Waals surface area (Å²) in [5.41, 5.74) is 2.71. The smallest absolute Gasteiger partial charge is 0.287 e. The summed E-state index contributed by atoms with van der Waals surface area (Å²) in [6, 6.07) is 7.78. The number of aryl methyl sites for hydroxylation is 1. The van der Waals surface area contributed by atoms with Crippen LogP contribution in [0, 0.1) is 6.92 Å². The maximum Gasteiger partial charge on any atom is 0.287 e. The Morgan fingerprint density at radius 1 is 1.39 bits per heavy atom. The first-order chi connectivity index (χ1) is 11.2. The molecule has 1 N–H and O–H groups in total. The molecule has 2 heterocycles. The van der Waals surface area contributed by atoms with E-state index in [4.69, 9.17) is 4.42 Å². The topological polar surface area (TPSA) is 55.1 Å². The molecule has 0 unspecified atom stereocenters. The second-order valence-corrected chi connectivity index (χ2v) is 7.29. The number of aromatic nitrogens is 1. The largest absolute Gasteiger partial charge is 0.451 e. The van der Waals surface area contributed by atoms with Crippen LogP contribution < -0.4 is 5.32 Å². The standard InChI is InChI=1S/C17H18N2O2S2/c1-3-8-18-16(20)15-13(10-23-17-19-11(2)9-22-17)12-6-4-5-7-14(12)21-15/h4-7,9H,3,8,10H2,1-2H3,(H,18,20). The number of carbonyl (C=O) groups excluding carboxylic acids is 1. The number of fused-ring (bicyclic) bond motifs is 1. The lowest BCUT2D eigenvalue weighted by molar-refractivity contribution is 0.0927. The van der Waals surface area contributed by atoms with Crippen LogP contribution >= 0.6 is 23.1 Å². The van der Waals surface area contributed by atoms with Gasteiger partial charge in [0.15, 0.2) is 5.76 Å². The van der Waals surface area contributed by atoms with E-state index in [0.717, 1.165) is 33.0 Å². The van der Waals surface area contributed by atoms with Crippen molar-refractivity contribution in [1.29, 1.82) is 0 Å². The normalized spacial score (nSPS) is 11.0. The molecule has 1 amide bonds. The lowest BCUT2D eigenvalue weighted by atomic mass is 10.1. The molecule has 0 bridgehead atoms. The molecule has 0 radical (unpaired) electrons. The molecular formula is C17H18N2O2S2. The number of carbonyl (C=O) groups is 1. The van der Waals surface area contributed by atoms with Crippen LogP contribution in [0.5, 0.6) is 0 Å². The Morgan fingerprint density at radius 2 is 2.22 bits per heavy atom. The van der Waals surface area contributed by atoms with Crippen LogP contribution in [0.3, 0.4) is 0 Å². The number of nitrogens with zero attached hydrogens (tertiary/aromatic N) is 1. The Balaban J connectivity index is 1.90. The van der Waals surface area contributed by atoms with Gasteiger partial charge >= 0.3 is 0 Å². The molecule has 120 valence electrons. The quantitative estimate of drug-likeness (QED) is 0.661. The maximum absolute atomic E-state index is 12.4.